The first-order valence-corrected chi connectivity index (χ1v) is 7.46. The number of nitrogens with one attached hydrogen (secondary N) is 1. The number of nitrogens with zero attached hydrogens (tertiary/aromatic N) is 1. The number of benzene rings is 1. The molecule has 0 spiro atoms. The highest BCUT2D eigenvalue weighted by atomic mass is 16.4. The summed E-state index contributed by atoms with van der Waals surface area (Å²) < 4.78 is 1.95. The highest BCUT2D eigenvalue weighted by molar-refractivity contribution is 6.02. The zero-order valence-corrected chi connectivity index (χ0v) is 12.7. The largest absolute Gasteiger partial charge is 0.478 e. The van der Waals surface area contributed by atoms with Gasteiger partial charge in [0.15, 0.2) is 0 Å². The number of carboxylic acids is 1. The molecule has 2 heterocycles. The van der Waals surface area contributed by atoms with E-state index in [9.17, 15) is 9.90 Å². The molecule has 0 saturated heterocycles. The number of hydrogen-bond donors (Lipinski definition) is 2. The third-order valence-corrected chi connectivity index (χ3v) is 4.23. The Morgan fingerprint density at radius 3 is 2.73 bits per heavy atom. The van der Waals surface area contributed by atoms with Gasteiger partial charge in [-0.1, -0.05) is 31.0 Å². The van der Waals surface area contributed by atoms with Crippen molar-refractivity contribution in [1.29, 1.82) is 0 Å². The normalized spacial score (nSPS) is 15.4. The molecule has 4 heteroatoms. The van der Waals surface area contributed by atoms with E-state index in [-0.39, 0.29) is 11.6 Å². The lowest BCUT2D eigenvalue weighted by molar-refractivity contribution is 0.0697. The van der Waals surface area contributed by atoms with E-state index in [4.69, 9.17) is 6.42 Å². The lowest BCUT2D eigenvalue weighted by atomic mass is 9.91. The maximum Gasteiger partial charge on any atom is 0.339 e. The summed E-state index contributed by atoms with van der Waals surface area (Å²) in [5, 5.41) is 13.2. The summed E-state index contributed by atoms with van der Waals surface area (Å²) in [6.07, 6.45) is 6.48. The third kappa shape index (κ3) is 1.82. The zero-order valence-electron chi connectivity index (χ0n) is 12.7. The van der Waals surface area contributed by atoms with E-state index in [0.29, 0.717) is 12.2 Å². The van der Waals surface area contributed by atoms with Gasteiger partial charge in [-0.2, -0.15) is 0 Å². The Bertz CT molecular complexity index is 796. The van der Waals surface area contributed by atoms with E-state index in [0.717, 1.165) is 28.9 Å². The van der Waals surface area contributed by atoms with Crippen LogP contribution in [0.2, 0.25) is 0 Å². The van der Waals surface area contributed by atoms with Gasteiger partial charge in [-0.25, -0.2) is 4.79 Å². The molecule has 22 heavy (non-hydrogen) atoms. The van der Waals surface area contributed by atoms with Crippen molar-refractivity contribution in [2.75, 3.05) is 5.32 Å². The van der Waals surface area contributed by atoms with Crippen molar-refractivity contribution < 1.29 is 9.90 Å². The minimum absolute atomic E-state index is 0.0602. The first kappa shape index (κ1) is 14.3. The van der Waals surface area contributed by atoms with Crippen molar-refractivity contribution in [2.24, 2.45) is 0 Å². The summed E-state index contributed by atoms with van der Waals surface area (Å²) in [7, 11) is 0. The molecule has 0 aliphatic carbocycles. The highest BCUT2D eigenvalue weighted by Gasteiger charge is 2.34. The smallest absolute Gasteiger partial charge is 0.339 e. The number of rotatable bonds is 3. The molecule has 2 aromatic rings. The summed E-state index contributed by atoms with van der Waals surface area (Å²) in [6, 6.07) is 7.85. The summed E-state index contributed by atoms with van der Waals surface area (Å²) in [4.78, 5) is 11.9. The van der Waals surface area contributed by atoms with Gasteiger partial charge in [-0.3, -0.25) is 0 Å². The van der Waals surface area contributed by atoms with Gasteiger partial charge in [0.25, 0.3) is 0 Å². The van der Waals surface area contributed by atoms with Gasteiger partial charge in [0, 0.05) is 29.1 Å². The number of hydrogen-bond acceptors (Lipinski definition) is 2. The average Bonchev–Trinajstić information content (AvgIpc) is 2.88. The summed E-state index contributed by atoms with van der Waals surface area (Å²) in [5.41, 5.74) is 4.31. The van der Waals surface area contributed by atoms with E-state index in [2.05, 4.69) is 18.2 Å². The van der Waals surface area contributed by atoms with E-state index in [1.54, 1.807) is 0 Å². The highest BCUT2D eigenvalue weighted by Crippen LogP contribution is 2.45. The SMILES string of the molecule is C#Cc1c(C(=O)O)c2c(n1CC)C(CC)Nc1ccccc1-2. The lowest BCUT2D eigenvalue weighted by Crippen LogP contribution is -2.19. The number of terminal acetylenes is 1. The van der Waals surface area contributed by atoms with Crippen LogP contribution in [0.1, 0.15) is 48.1 Å². The fraction of sp³-hybridized carbons (Fsp3) is 0.278. The molecular weight excluding hydrogens is 276 g/mol. The Balaban J connectivity index is 2.45. The maximum atomic E-state index is 11.9. The van der Waals surface area contributed by atoms with Crippen LogP contribution in [0.3, 0.4) is 0 Å². The molecule has 0 fully saturated rings. The van der Waals surface area contributed by atoms with Gasteiger partial charge in [-0.05, 0) is 19.4 Å². The number of para-hydroxylation sites is 1. The van der Waals surface area contributed by atoms with Gasteiger partial charge >= 0.3 is 5.97 Å². The number of anilines is 1. The minimum Gasteiger partial charge on any atom is -0.478 e. The molecule has 1 aliphatic heterocycles. The second-order valence-electron chi connectivity index (χ2n) is 5.33. The van der Waals surface area contributed by atoms with Crippen molar-refractivity contribution in [3.05, 3.63) is 41.2 Å². The maximum absolute atomic E-state index is 11.9. The Labute approximate surface area is 129 Å². The number of fused-ring (bicyclic) bond motifs is 3. The Hall–Kier alpha value is -2.67. The molecule has 1 unspecified atom stereocenters. The van der Waals surface area contributed by atoms with Crippen LogP contribution in [-0.4, -0.2) is 15.6 Å². The van der Waals surface area contributed by atoms with Gasteiger partial charge in [0.2, 0.25) is 0 Å². The van der Waals surface area contributed by atoms with E-state index >= 15 is 0 Å². The van der Waals surface area contributed by atoms with Crippen LogP contribution in [0.25, 0.3) is 11.1 Å². The van der Waals surface area contributed by atoms with Crippen LogP contribution in [-0.2, 0) is 6.54 Å². The van der Waals surface area contributed by atoms with Crippen LogP contribution in [0.5, 0.6) is 0 Å². The molecule has 1 aromatic carbocycles. The second-order valence-corrected chi connectivity index (χ2v) is 5.33. The predicted molar refractivity (Wildman–Crippen MR) is 87.1 cm³/mol. The van der Waals surface area contributed by atoms with E-state index in [1.165, 1.54) is 0 Å². The Kier molecular flexibility index (Phi) is 3.42. The van der Waals surface area contributed by atoms with Crippen molar-refractivity contribution >= 4 is 11.7 Å². The molecule has 0 saturated carbocycles. The first-order valence-electron chi connectivity index (χ1n) is 7.46. The number of carbonyl (C=O) groups is 1. The number of aromatic nitrogens is 1. The van der Waals surface area contributed by atoms with E-state index < -0.39 is 5.97 Å². The third-order valence-electron chi connectivity index (χ3n) is 4.23. The average molecular weight is 294 g/mol. The molecule has 0 radical (unpaired) electrons. The van der Waals surface area contributed by atoms with Gasteiger partial charge in [0.05, 0.1) is 6.04 Å². The minimum atomic E-state index is -0.969. The van der Waals surface area contributed by atoms with Crippen LogP contribution < -0.4 is 5.32 Å². The molecular formula is C18H18N2O2. The summed E-state index contributed by atoms with van der Waals surface area (Å²) in [6.45, 7) is 4.72. The molecule has 0 amide bonds. The van der Waals surface area contributed by atoms with Crippen LogP contribution in [0.15, 0.2) is 24.3 Å². The topological polar surface area (TPSA) is 54.3 Å². The molecule has 4 nitrogen and oxygen atoms in total. The van der Waals surface area contributed by atoms with Gasteiger partial charge < -0.3 is 15.0 Å². The van der Waals surface area contributed by atoms with Gasteiger partial charge in [0.1, 0.15) is 11.3 Å². The van der Waals surface area contributed by atoms with Crippen molar-refractivity contribution in [1.82, 2.24) is 4.57 Å². The molecule has 112 valence electrons. The second kappa shape index (κ2) is 5.27. The van der Waals surface area contributed by atoms with Crippen LogP contribution >= 0.6 is 0 Å². The predicted octanol–water partition coefficient (Wildman–Crippen LogP) is 3.73. The van der Waals surface area contributed by atoms with E-state index in [1.807, 2.05) is 35.8 Å². The fourth-order valence-corrected chi connectivity index (χ4v) is 3.34. The molecule has 1 aliphatic rings. The number of aromatic carboxylic acids is 1. The van der Waals surface area contributed by atoms with Crippen LogP contribution in [0.4, 0.5) is 5.69 Å². The molecule has 0 bridgehead atoms. The first-order chi connectivity index (χ1) is 10.6. The van der Waals surface area contributed by atoms with Crippen molar-refractivity contribution in [3.8, 4) is 23.5 Å². The standard InChI is InChI=1S/C18H18N2O2/c1-4-12-17-15(11-9-7-8-10-13(11)19-12)16(18(21)22)14(5-2)20(17)6-3/h2,7-10,12,19H,4,6H2,1,3H3,(H,21,22). The quantitative estimate of drug-likeness (QED) is 0.848. The molecule has 1 aromatic heterocycles. The van der Waals surface area contributed by atoms with Crippen molar-refractivity contribution in [3.63, 3.8) is 0 Å². The monoisotopic (exact) mass is 294 g/mol. The Morgan fingerprint density at radius 1 is 1.41 bits per heavy atom. The fourth-order valence-electron chi connectivity index (χ4n) is 3.34. The van der Waals surface area contributed by atoms with Gasteiger partial charge in [-0.15, -0.1) is 6.42 Å². The number of carboxylic acid groups (broad SMARTS) is 1. The molecule has 2 N–H and O–H groups in total. The molecule has 1 atom stereocenters. The summed E-state index contributed by atoms with van der Waals surface area (Å²) >= 11 is 0. The lowest BCUT2D eigenvalue weighted by Gasteiger charge is -2.28. The summed E-state index contributed by atoms with van der Waals surface area (Å²) in [5.74, 6) is 1.61. The van der Waals surface area contributed by atoms with Crippen molar-refractivity contribution in [2.45, 2.75) is 32.9 Å². The molecule has 3 rings (SSSR count). The zero-order chi connectivity index (χ0) is 15.9. The van der Waals surface area contributed by atoms with Crippen LogP contribution in [0, 0.1) is 12.3 Å². The Morgan fingerprint density at radius 2 is 2.14 bits per heavy atom.